The van der Waals surface area contributed by atoms with Gasteiger partial charge in [0.15, 0.2) is 0 Å². The largest absolute Gasteiger partial charge is 0.350 e. The Labute approximate surface area is 163 Å². The molecule has 0 spiro atoms. The molecule has 138 valence electrons. The van der Waals surface area contributed by atoms with Crippen LogP contribution in [0, 0.1) is 20.8 Å². The van der Waals surface area contributed by atoms with Gasteiger partial charge in [0, 0.05) is 22.9 Å². The minimum atomic E-state index is -0.306. The third-order valence-electron chi connectivity index (χ3n) is 4.05. The van der Waals surface area contributed by atoms with Gasteiger partial charge in [0.1, 0.15) is 5.69 Å². The van der Waals surface area contributed by atoms with Gasteiger partial charge in [0.05, 0.1) is 0 Å². The molecule has 0 unspecified atom stereocenters. The molecule has 0 bridgehead atoms. The highest BCUT2D eigenvalue weighted by Crippen LogP contribution is 2.20. The zero-order valence-electron chi connectivity index (χ0n) is 15.5. The summed E-state index contributed by atoms with van der Waals surface area (Å²) in [6.07, 6.45) is 0. The van der Waals surface area contributed by atoms with Gasteiger partial charge in [-0.05, 0) is 50.1 Å². The number of nitrogens with zero attached hydrogens (tertiary/aromatic N) is 2. The van der Waals surface area contributed by atoms with Crippen molar-refractivity contribution in [2.24, 2.45) is 0 Å². The highest BCUT2D eigenvalue weighted by atomic mass is 35.5. The van der Waals surface area contributed by atoms with Crippen LogP contribution in [0.4, 0.5) is 11.6 Å². The summed E-state index contributed by atoms with van der Waals surface area (Å²) in [7, 11) is 0. The summed E-state index contributed by atoms with van der Waals surface area (Å²) in [5.41, 5.74) is 4.91. The van der Waals surface area contributed by atoms with Gasteiger partial charge in [-0.15, -0.1) is 0 Å². The zero-order chi connectivity index (χ0) is 19.4. The SMILES string of the molecule is Cc1cccc(CNc2nc(C)cc(C(=O)Nc3ccc(C)c(Cl)c3)n2)c1. The number of benzene rings is 2. The van der Waals surface area contributed by atoms with Crippen LogP contribution in [-0.2, 0) is 6.54 Å². The number of anilines is 2. The molecular formula is C21H21ClN4O. The van der Waals surface area contributed by atoms with Gasteiger partial charge in [-0.1, -0.05) is 47.5 Å². The fraction of sp³-hybridized carbons (Fsp3) is 0.190. The van der Waals surface area contributed by atoms with Crippen molar-refractivity contribution < 1.29 is 4.79 Å². The number of hydrogen-bond donors (Lipinski definition) is 2. The van der Waals surface area contributed by atoms with Crippen molar-refractivity contribution in [2.45, 2.75) is 27.3 Å². The summed E-state index contributed by atoms with van der Waals surface area (Å²) in [4.78, 5) is 21.3. The molecule has 0 saturated carbocycles. The summed E-state index contributed by atoms with van der Waals surface area (Å²) >= 11 is 6.12. The molecule has 0 atom stereocenters. The highest BCUT2D eigenvalue weighted by Gasteiger charge is 2.12. The number of aromatic nitrogens is 2. The van der Waals surface area contributed by atoms with Crippen LogP contribution in [0.5, 0.6) is 0 Å². The van der Waals surface area contributed by atoms with Gasteiger partial charge in [0.2, 0.25) is 5.95 Å². The van der Waals surface area contributed by atoms with E-state index in [4.69, 9.17) is 11.6 Å². The number of aryl methyl sites for hydroxylation is 3. The van der Waals surface area contributed by atoms with Gasteiger partial charge < -0.3 is 10.6 Å². The Kier molecular flexibility index (Phi) is 5.72. The zero-order valence-corrected chi connectivity index (χ0v) is 16.3. The Bertz CT molecular complexity index is 988. The predicted molar refractivity (Wildman–Crippen MR) is 109 cm³/mol. The van der Waals surface area contributed by atoms with Crippen molar-refractivity contribution in [3.8, 4) is 0 Å². The number of hydrogen-bond acceptors (Lipinski definition) is 4. The molecule has 0 aliphatic heterocycles. The molecule has 0 aliphatic carbocycles. The second kappa shape index (κ2) is 8.18. The Hall–Kier alpha value is -2.92. The lowest BCUT2D eigenvalue weighted by Gasteiger charge is -2.10. The van der Waals surface area contributed by atoms with Gasteiger partial charge >= 0.3 is 0 Å². The first kappa shape index (κ1) is 18.9. The molecule has 2 N–H and O–H groups in total. The van der Waals surface area contributed by atoms with E-state index in [1.54, 1.807) is 12.1 Å². The van der Waals surface area contributed by atoms with E-state index >= 15 is 0 Å². The van der Waals surface area contributed by atoms with Crippen molar-refractivity contribution in [2.75, 3.05) is 10.6 Å². The van der Waals surface area contributed by atoms with E-state index in [1.165, 1.54) is 5.56 Å². The van der Waals surface area contributed by atoms with E-state index in [9.17, 15) is 4.79 Å². The van der Waals surface area contributed by atoms with Crippen LogP contribution in [0.2, 0.25) is 5.02 Å². The average molecular weight is 381 g/mol. The molecule has 0 aliphatic rings. The molecule has 5 nitrogen and oxygen atoms in total. The summed E-state index contributed by atoms with van der Waals surface area (Å²) < 4.78 is 0. The maximum Gasteiger partial charge on any atom is 0.274 e. The van der Waals surface area contributed by atoms with Crippen LogP contribution in [0.25, 0.3) is 0 Å². The number of carbonyl (C=O) groups is 1. The lowest BCUT2D eigenvalue weighted by molar-refractivity contribution is 0.102. The van der Waals surface area contributed by atoms with E-state index in [1.807, 2.05) is 51.1 Å². The van der Waals surface area contributed by atoms with Crippen LogP contribution in [0.1, 0.15) is 32.9 Å². The maximum atomic E-state index is 12.6. The molecule has 6 heteroatoms. The Morgan fingerprint density at radius 1 is 1.04 bits per heavy atom. The number of halogens is 1. The summed E-state index contributed by atoms with van der Waals surface area (Å²) in [6, 6.07) is 15.2. The van der Waals surface area contributed by atoms with E-state index in [-0.39, 0.29) is 5.91 Å². The molecule has 3 rings (SSSR count). The predicted octanol–water partition coefficient (Wildman–Crippen LogP) is 4.92. The van der Waals surface area contributed by atoms with Crippen molar-refractivity contribution in [1.29, 1.82) is 0 Å². The molecule has 0 fully saturated rings. The minimum absolute atomic E-state index is 0.297. The van der Waals surface area contributed by atoms with Crippen LogP contribution < -0.4 is 10.6 Å². The number of carbonyl (C=O) groups excluding carboxylic acids is 1. The third kappa shape index (κ3) is 5.05. The number of nitrogens with one attached hydrogen (secondary N) is 2. The molecule has 1 aromatic heterocycles. The topological polar surface area (TPSA) is 66.9 Å². The summed E-state index contributed by atoms with van der Waals surface area (Å²) in [6.45, 7) is 6.37. The average Bonchev–Trinajstić information content (AvgIpc) is 2.63. The first-order valence-electron chi connectivity index (χ1n) is 8.63. The fourth-order valence-corrected chi connectivity index (χ4v) is 2.81. The Balaban J connectivity index is 1.73. The van der Waals surface area contributed by atoms with Gasteiger partial charge in [0.25, 0.3) is 5.91 Å². The first-order chi connectivity index (χ1) is 12.9. The molecule has 27 heavy (non-hydrogen) atoms. The van der Waals surface area contributed by atoms with Gasteiger partial charge in [-0.25, -0.2) is 9.97 Å². The van der Waals surface area contributed by atoms with Crippen LogP contribution in [-0.4, -0.2) is 15.9 Å². The molecule has 0 saturated heterocycles. The normalized spacial score (nSPS) is 10.5. The highest BCUT2D eigenvalue weighted by molar-refractivity contribution is 6.31. The molecule has 1 heterocycles. The summed E-state index contributed by atoms with van der Waals surface area (Å²) in [5, 5.41) is 6.61. The van der Waals surface area contributed by atoms with Crippen molar-refractivity contribution >= 4 is 29.1 Å². The van der Waals surface area contributed by atoms with Gasteiger partial charge in [-0.2, -0.15) is 0 Å². The number of amides is 1. The summed E-state index contributed by atoms with van der Waals surface area (Å²) in [5.74, 6) is 0.114. The molecule has 2 aromatic carbocycles. The van der Waals surface area contributed by atoms with Crippen LogP contribution in [0.3, 0.4) is 0 Å². The third-order valence-corrected chi connectivity index (χ3v) is 4.46. The van der Waals surface area contributed by atoms with E-state index in [2.05, 4.69) is 26.7 Å². The van der Waals surface area contributed by atoms with Crippen LogP contribution >= 0.6 is 11.6 Å². The maximum absolute atomic E-state index is 12.6. The van der Waals surface area contributed by atoms with Crippen molar-refractivity contribution in [3.63, 3.8) is 0 Å². The fourth-order valence-electron chi connectivity index (χ4n) is 2.63. The van der Waals surface area contributed by atoms with Gasteiger partial charge in [-0.3, -0.25) is 4.79 Å². The standard InChI is InChI=1S/C21H21ClN4O/c1-13-5-4-6-16(9-13)12-23-21-24-15(3)10-19(26-21)20(27)25-17-8-7-14(2)18(22)11-17/h4-11H,12H2,1-3H3,(H,25,27)(H,23,24,26). The monoisotopic (exact) mass is 380 g/mol. The van der Waals surface area contributed by atoms with E-state index in [0.29, 0.717) is 34.6 Å². The lowest BCUT2D eigenvalue weighted by Crippen LogP contribution is -2.16. The Morgan fingerprint density at radius 3 is 2.59 bits per heavy atom. The molecule has 0 radical (unpaired) electrons. The first-order valence-corrected chi connectivity index (χ1v) is 9.01. The number of rotatable bonds is 5. The van der Waals surface area contributed by atoms with Crippen LogP contribution in [0.15, 0.2) is 48.5 Å². The molecular weight excluding hydrogens is 360 g/mol. The van der Waals surface area contributed by atoms with E-state index in [0.717, 1.165) is 11.1 Å². The minimum Gasteiger partial charge on any atom is -0.350 e. The lowest BCUT2D eigenvalue weighted by atomic mass is 10.1. The molecule has 1 amide bonds. The Morgan fingerprint density at radius 2 is 1.85 bits per heavy atom. The second-order valence-corrected chi connectivity index (χ2v) is 6.89. The van der Waals surface area contributed by atoms with Crippen molar-refractivity contribution in [1.82, 2.24) is 9.97 Å². The quantitative estimate of drug-likeness (QED) is 0.659. The van der Waals surface area contributed by atoms with E-state index < -0.39 is 0 Å². The van der Waals surface area contributed by atoms with Crippen molar-refractivity contribution in [3.05, 3.63) is 81.6 Å². The second-order valence-electron chi connectivity index (χ2n) is 6.48. The molecule has 3 aromatic rings. The smallest absolute Gasteiger partial charge is 0.274 e.